The Morgan fingerprint density at radius 3 is 1.85 bits per heavy atom. The SMILES string of the molecule is CCc1oc(-c2c(C)cccc2C)nc1CI.Cc1cccc(C)c1C=O. The normalized spacial score (nSPS) is 10.3. The molecular formula is C23H26INO2. The second-order valence-corrected chi connectivity index (χ2v) is 7.33. The molecule has 3 rings (SSSR count). The van der Waals surface area contributed by atoms with Crippen LogP contribution in [0.3, 0.4) is 0 Å². The second kappa shape index (κ2) is 9.83. The van der Waals surface area contributed by atoms with Gasteiger partial charge in [-0.1, -0.05) is 65.9 Å². The summed E-state index contributed by atoms with van der Waals surface area (Å²) >= 11 is 2.33. The number of nitrogens with zero attached hydrogens (tertiary/aromatic N) is 1. The molecule has 0 bridgehead atoms. The van der Waals surface area contributed by atoms with Crippen molar-refractivity contribution < 1.29 is 9.21 Å². The predicted octanol–water partition coefficient (Wildman–Crippen LogP) is 6.57. The molecule has 142 valence electrons. The van der Waals surface area contributed by atoms with Crippen LogP contribution in [0.25, 0.3) is 11.5 Å². The van der Waals surface area contributed by atoms with Crippen molar-refractivity contribution in [2.24, 2.45) is 0 Å². The van der Waals surface area contributed by atoms with Crippen LogP contribution in [0.4, 0.5) is 0 Å². The number of oxazole rings is 1. The lowest BCUT2D eigenvalue weighted by Gasteiger charge is -2.04. The minimum absolute atomic E-state index is 0.768. The average molecular weight is 475 g/mol. The third kappa shape index (κ3) is 5.06. The molecule has 0 saturated carbocycles. The van der Waals surface area contributed by atoms with Crippen LogP contribution >= 0.6 is 22.6 Å². The number of carbonyl (C=O) groups excluding carboxylic acids is 1. The zero-order valence-corrected chi connectivity index (χ0v) is 18.8. The van der Waals surface area contributed by atoms with Gasteiger partial charge in [0.1, 0.15) is 5.76 Å². The number of hydrogen-bond acceptors (Lipinski definition) is 3. The second-order valence-electron chi connectivity index (χ2n) is 6.57. The molecule has 0 fully saturated rings. The minimum Gasteiger partial charge on any atom is -0.441 e. The van der Waals surface area contributed by atoms with Crippen molar-refractivity contribution in [2.75, 3.05) is 0 Å². The van der Waals surface area contributed by atoms with Crippen molar-refractivity contribution in [2.45, 2.75) is 45.5 Å². The first-order chi connectivity index (χ1) is 12.9. The molecule has 0 aliphatic rings. The Kier molecular flexibility index (Phi) is 7.78. The molecule has 3 aromatic rings. The van der Waals surface area contributed by atoms with E-state index < -0.39 is 0 Å². The van der Waals surface area contributed by atoms with E-state index in [-0.39, 0.29) is 0 Å². The number of rotatable bonds is 4. The standard InChI is InChI=1S/C14H16INO.C9H10O/c1-4-12-11(8-15)16-14(17-12)13-9(2)6-5-7-10(13)3;1-7-4-3-5-8(2)9(7)6-10/h5-7H,4,8H2,1-3H3;3-6H,1-2H3. The number of benzene rings is 2. The van der Waals surface area contributed by atoms with E-state index in [1.54, 1.807) is 0 Å². The maximum absolute atomic E-state index is 10.4. The van der Waals surface area contributed by atoms with Gasteiger partial charge in [0.2, 0.25) is 5.89 Å². The zero-order chi connectivity index (χ0) is 20.0. The fourth-order valence-corrected chi connectivity index (χ4v) is 3.63. The fraction of sp³-hybridized carbons (Fsp3) is 0.304. The van der Waals surface area contributed by atoms with E-state index in [9.17, 15) is 4.79 Å². The Hall–Kier alpha value is -1.95. The van der Waals surface area contributed by atoms with Crippen LogP contribution in [-0.4, -0.2) is 11.3 Å². The molecule has 4 heteroatoms. The topological polar surface area (TPSA) is 43.1 Å². The van der Waals surface area contributed by atoms with Crippen molar-refractivity contribution in [3.05, 3.63) is 75.7 Å². The molecule has 0 aliphatic heterocycles. The van der Waals surface area contributed by atoms with Crippen LogP contribution in [-0.2, 0) is 10.8 Å². The number of halogens is 1. The summed E-state index contributed by atoms with van der Waals surface area (Å²) in [6.07, 6.45) is 1.81. The Balaban J connectivity index is 0.000000223. The van der Waals surface area contributed by atoms with E-state index in [0.29, 0.717) is 0 Å². The highest BCUT2D eigenvalue weighted by Crippen LogP contribution is 2.29. The Morgan fingerprint density at radius 1 is 0.963 bits per heavy atom. The molecule has 27 heavy (non-hydrogen) atoms. The first-order valence-electron chi connectivity index (χ1n) is 9.05. The number of carbonyl (C=O) groups is 1. The van der Waals surface area contributed by atoms with Crippen molar-refractivity contribution >= 4 is 28.9 Å². The third-order valence-corrected chi connectivity index (χ3v) is 5.30. The van der Waals surface area contributed by atoms with Gasteiger partial charge in [0.15, 0.2) is 6.29 Å². The predicted molar refractivity (Wildman–Crippen MR) is 120 cm³/mol. The molecule has 0 aliphatic carbocycles. The molecule has 0 radical (unpaired) electrons. The lowest BCUT2D eigenvalue weighted by atomic mass is 10.0. The molecular weight excluding hydrogens is 449 g/mol. The Morgan fingerprint density at radius 2 is 1.48 bits per heavy atom. The molecule has 3 nitrogen and oxygen atoms in total. The highest BCUT2D eigenvalue weighted by atomic mass is 127. The average Bonchev–Trinajstić information content (AvgIpc) is 3.05. The van der Waals surface area contributed by atoms with Crippen LogP contribution in [0.2, 0.25) is 0 Å². The van der Waals surface area contributed by atoms with E-state index >= 15 is 0 Å². The molecule has 0 spiro atoms. The van der Waals surface area contributed by atoms with Gasteiger partial charge in [-0.05, 0) is 49.9 Å². The fourth-order valence-electron chi connectivity index (χ4n) is 3.04. The van der Waals surface area contributed by atoms with Gasteiger partial charge in [0.25, 0.3) is 0 Å². The van der Waals surface area contributed by atoms with Gasteiger partial charge < -0.3 is 4.42 Å². The van der Waals surface area contributed by atoms with Gasteiger partial charge in [-0.15, -0.1) is 0 Å². The van der Waals surface area contributed by atoms with Crippen molar-refractivity contribution in [1.29, 1.82) is 0 Å². The molecule has 0 unspecified atom stereocenters. The Bertz CT molecular complexity index is 866. The van der Waals surface area contributed by atoms with Crippen LogP contribution in [0.15, 0.2) is 40.8 Å². The van der Waals surface area contributed by atoms with Gasteiger partial charge >= 0.3 is 0 Å². The maximum Gasteiger partial charge on any atom is 0.227 e. The maximum atomic E-state index is 10.4. The van der Waals surface area contributed by atoms with Crippen molar-refractivity contribution in [3.63, 3.8) is 0 Å². The lowest BCUT2D eigenvalue weighted by Crippen LogP contribution is -1.89. The lowest BCUT2D eigenvalue weighted by molar-refractivity contribution is 0.112. The molecule has 1 heterocycles. The summed E-state index contributed by atoms with van der Waals surface area (Å²) in [6, 6.07) is 12.1. The van der Waals surface area contributed by atoms with E-state index in [1.165, 1.54) is 11.1 Å². The van der Waals surface area contributed by atoms with Gasteiger partial charge in [0.05, 0.1) is 5.69 Å². The zero-order valence-electron chi connectivity index (χ0n) is 16.6. The van der Waals surface area contributed by atoms with E-state index in [0.717, 1.165) is 56.7 Å². The largest absolute Gasteiger partial charge is 0.441 e. The third-order valence-electron chi connectivity index (χ3n) is 4.58. The van der Waals surface area contributed by atoms with E-state index in [2.05, 4.69) is 66.5 Å². The van der Waals surface area contributed by atoms with Crippen LogP contribution in [0.1, 0.15) is 51.0 Å². The number of aldehydes is 1. The summed E-state index contributed by atoms with van der Waals surface area (Å²) in [4.78, 5) is 15.1. The number of alkyl halides is 1. The Labute approximate surface area is 175 Å². The highest BCUT2D eigenvalue weighted by molar-refractivity contribution is 14.1. The molecule has 2 aromatic carbocycles. The van der Waals surface area contributed by atoms with Gasteiger partial charge in [-0.3, -0.25) is 4.79 Å². The quantitative estimate of drug-likeness (QED) is 0.244. The van der Waals surface area contributed by atoms with E-state index in [1.807, 2.05) is 32.0 Å². The first-order valence-corrected chi connectivity index (χ1v) is 10.6. The van der Waals surface area contributed by atoms with Crippen molar-refractivity contribution in [3.8, 4) is 11.5 Å². The number of aromatic nitrogens is 1. The summed E-state index contributed by atoms with van der Waals surface area (Å²) in [5.41, 5.74) is 7.57. The van der Waals surface area contributed by atoms with Crippen LogP contribution in [0.5, 0.6) is 0 Å². The van der Waals surface area contributed by atoms with Crippen LogP contribution in [0, 0.1) is 27.7 Å². The molecule has 0 saturated heterocycles. The minimum atomic E-state index is 0.768. The van der Waals surface area contributed by atoms with Gasteiger partial charge in [0, 0.05) is 22.0 Å². The monoisotopic (exact) mass is 475 g/mol. The van der Waals surface area contributed by atoms with E-state index in [4.69, 9.17) is 4.42 Å². The number of aryl methyl sites for hydroxylation is 5. The van der Waals surface area contributed by atoms with Crippen molar-refractivity contribution in [1.82, 2.24) is 4.98 Å². The first kappa shape index (κ1) is 21.4. The summed E-state index contributed by atoms with van der Waals surface area (Å²) in [5, 5.41) is 0. The molecule has 0 amide bonds. The summed E-state index contributed by atoms with van der Waals surface area (Å²) in [6.45, 7) is 10.2. The van der Waals surface area contributed by atoms with Gasteiger partial charge in [-0.2, -0.15) is 0 Å². The molecule has 0 atom stereocenters. The summed E-state index contributed by atoms with van der Waals surface area (Å²) in [5.74, 6) is 1.78. The van der Waals surface area contributed by atoms with Gasteiger partial charge in [-0.25, -0.2) is 4.98 Å². The molecule has 1 aromatic heterocycles. The van der Waals surface area contributed by atoms with Crippen LogP contribution < -0.4 is 0 Å². The summed E-state index contributed by atoms with van der Waals surface area (Å²) in [7, 11) is 0. The highest BCUT2D eigenvalue weighted by Gasteiger charge is 2.15. The summed E-state index contributed by atoms with van der Waals surface area (Å²) < 4.78 is 6.78. The number of hydrogen-bond donors (Lipinski definition) is 0. The smallest absolute Gasteiger partial charge is 0.227 e. The molecule has 0 N–H and O–H groups in total.